The van der Waals surface area contributed by atoms with Crippen molar-refractivity contribution < 1.29 is 19.8 Å². The van der Waals surface area contributed by atoms with E-state index < -0.39 is 22.8 Å². The Morgan fingerprint density at radius 2 is 1.18 bits per heavy atom. The van der Waals surface area contributed by atoms with Gasteiger partial charge in [0.25, 0.3) is 0 Å². The fraction of sp³-hybridized carbons (Fsp3) is 0.862. The van der Waals surface area contributed by atoms with Crippen LogP contribution < -0.4 is 0 Å². The highest BCUT2D eigenvalue weighted by Crippen LogP contribution is 2.57. The molecule has 0 heterocycles. The number of allylic oxidation sites excluding steroid dienone is 2. The van der Waals surface area contributed by atoms with E-state index in [4.69, 9.17) is 0 Å². The summed E-state index contributed by atoms with van der Waals surface area (Å²) in [5, 5.41) is 20.4. The summed E-state index contributed by atoms with van der Waals surface area (Å²) in [5.41, 5.74) is -2.41. The van der Waals surface area contributed by atoms with Crippen molar-refractivity contribution in [3.05, 3.63) is 12.2 Å². The zero-order valence-electron chi connectivity index (χ0n) is 22.0. The zero-order chi connectivity index (χ0) is 24.7. The first-order chi connectivity index (χ1) is 15.7. The van der Waals surface area contributed by atoms with Gasteiger partial charge in [-0.1, -0.05) is 130 Å². The van der Waals surface area contributed by atoms with E-state index in [0.29, 0.717) is 25.7 Å². The molecule has 0 saturated heterocycles. The Bertz CT molecular complexity index is 596. The van der Waals surface area contributed by atoms with Crippen molar-refractivity contribution in [3.8, 4) is 0 Å². The molecule has 4 heteroatoms. The summed E-state index contributed by atoms with van der Waals surface area (Å²) in [6.07, 6.45) is 21.7. The van der Waals surface area contributed by atoms with E-state index in [9.17, 15) is 19.8 Å². The number of carboxylic acids is 2. The summed E-state index contributed by atoms with van der Waals surface area (Å²) in [7, 11) is 0. The normalized spacial score (nSPS) is 23.7. The minimum Gasteiger partial charge on any atom is -0.481 e. The van der Waals surface area contributed by atoms with Gasteiger partial charge in [-0.2, -0.15) is 0 Å². The van der Waals surface area contributed by atoms with Crippen molar-refractivity contribution >= 4 is 11.9 Å². The van der Waals surface area contributed by atoms with Gasteiger partial charge in [0.15, 0.2) is 0 Å². The van der Waals surface area contributed by atoms with Gasteiger partial charge in [-0.05, 0) is 31.1 Å². The van der Waals surface area contributed by atoms with Gasteiger partial charge < -0.3 is 10.2 Å². The van der Waals surface area contributed by atoms with Crippen LogP contribution in [0.3, 0.4) is 0 Å². The molecule has 33 heavy (non-hydrogen) atoms. The van der Waals surface area contributed by atoms with Crippen molar-refractivity contribution in [2.24, 2.45) is 22.7 Å². The standard InChI is InChI=1S/C29H52O4/c1-5-25(4)29(27(32)33)23-19-18-22-28(29,26(30)31)21-17-15-13-11-9-7-6-8-10-12-14-16-20-24(2)3/h18-19,24-25H,5-17,20-23H2,1-4H3,(H,30,31)(H,32,33). The SMILES string of the molecule is CCC(C)C1(C(=O)O)CC=CCC1(CCCCCCCCCCCCCCC(C)C)C(=O)O. The summed E-state index contributed by atoms with van der Waals surface area (Å²) in [6, 6.07) is 0. The molecule has 0 bridgehead atoms. The maximum atomic E-state index is 12.5. The van der Waals surface area contributed by atoms with E-state index >= 15 is 0 Å². The summed E-state index contributed by atoms with van der Waals surface area (Å²) in [5.74, 6) is -1.22. The lowest BCUT2D eigenvalue weighted by atomic mass is 9.50. The van der Waals surface area contributed by atoms with Crippen LogP contribution in [0, 0.1) is 22.7 Å². The zero-order valence-corrected chi connectivity index (χ0v) is 22.0. The van der Waals surface area contributed by atoms with Crippen molar-refractivity contribution in [1.29, 1.82) is 0 Å². The number of hydrogen-bond acceptors (Lipinski definition) is 2. The number of aliphatic carboxylic acids is 2. The van der Waals surface area contributed by atoms with Gasteiger partial charge in [0.1, 0.15) is 0 Å². The van der Waals surface area contributed by atoms with E-state index in [2.05, 4.69) is 13.8 Å². The fourth-order valence-electron chi connectivity index (χ4n) is 5.91. The van der Waals surface area contributed by atoms with Crippen LogP contribution in [0.4, 0.5) is 0 Å². The van der Waals surface area contributed by atoms with E-state index in [0.717, 1.165) is 25.2 Å². The molecule has 1 aliphatic rings. The van der Waals surface area contributed by atoms with E-state index in [1.807, 2.05) is 26.0 Å². The molecule has 4 nitrogen and oxygen atoms in total. The van der Waals surface area contributed by atoms with Crippen LogP contribution in [0.25, 0.3) is 0 Å². The Morgan fingerprint density at radius 1 is 0.727 bits per heavy atom. The van der Waals surface area contributed by atoms with Crippen LogP contribution in [0.5, 0.6) is 0 Å². The highest BCUT2D eigenvalue weighted by molar-refractivity contribution is 5.87. The predicted molar refractivity (Wildman–Crippen MR) is 137 cm³/mol. The lowest BCUT2D eigenvalue weighted by molar-refractivity contribution is -0.182. The Hall–Kier alpha value is -1.32. The first-order valence-electron chi connectivity index (χ1n) is 13.9. The molecule has 3 atom stereocenters. The van der Waals surface area contributed by atoms with Crippen LogP contribution >= 0.6 is 0 Å². The van der Waals surface area contributed by atoms with Crippen molar-refractivity contribution in [2.75, 3.05) is 0 Å². The lowest BCUT2D eigenvalue weighted by Gasteiger charge is -2.50. The maximum absolute atomic E-state index is 12.5. The topological polar surface area (TPSA) is 74.6 Å². The van der Waals surface area contributed by atoms with Crippen LogP contribution in [0.2, 0.25) is 0 Å². The number of hydrogen-bond donors (Lipinski definition) is 2. The second-order valence-electron chi connectivity index (χ2n) is 11.0. The van der Waals surface area contributed by atoms with Crippen molar-refractivity contribution in [2.45, 2.75) is 137 Å². The molecule has 0 amide bonds. The molecule has 1 rings (SSSR count). The highest BCUT2D eigenvalue weighted by Gasteiger charge is 2.62. The third-order valence-corrected chi connectivity index (χ3v) is 8.31. The van der Waals surface area contributed by atoms with Crippen molar-refractivity contribution in [3.63, 3.8) is 0 Å². The minimum atomic E-state index is -1.21. The third-order valence-electron chi connectivity index (χ3n) is 8.31. The Balaban J connectivity index is 2.34. The average molecular weight is 465 g/mol. The predicted octanol–water partition coefficient (Wildman–Crippen LogP) is 8.64. The molecule has 0 radical (unpaired) electrons. The Morgan fingerprint density at radius 3 is 1.61 bits per heavy atom. The molecular weight excluding hydrogens is 412 g/mol. The molecule has 0 aliphatic heterocycles. The smallest absolute Gasteiger partial charge is 0.311 e. The van der Waals surface area contributed by atoms with Crippen LogP contribution in [0.15, 0.2) is 12.2 Å². The summed E-state index contributed by atoms with van der Waals surface area (Å²) in [4.78, 5) is 25.0. The Kier molecular flexibility index (Phi) is 14.0. The van der Waals surface area contributed by atoms with E-state index in [-0.39, 0.29) is 5.92 Å². The van der Waals surface area contributed by atoms with Gasteiger partial charge in [-0.15, -0.1) is 0 Å². The molecule has 192 valence electrons. The molecule has 2 N–H and O–H groups in total. The molecule has 3 unspecified atom stereocenters. The first kappa shape index (κ1) is 29.7. The average Bonchev–Trinajstić information content (AvgIpc) is 2.78. The summed E-state index contributed by atoms with van der Waals surface area (Å²) < 4.78 is 0. The van der Waals surface area contributed by atoms with Gasteiger partial charge in [-0.25, -0.2) is 0 Å². The quantitative estimate of drug-likeness (QED) is 0.148. The molecule has 1 aliphatic carbocycles. The minimum absolute atomic E-state index is 0.175. The molecule has 0 spiro atoms. The maximum Gasteiger partial charge on any atom is 0.311 e. The molecule has 0 aromatic rings. The summed E-state index contributed by atoms with van der Waals surface area (Å²) >= 11 is 0. The number of carbonyl (C=O) groups is 2. The van der Waals surface area contributed by atoms with E-state index in [1.165, 1.54) is 64.2 Å². The summed E-state index contributed by atoms with van der Waals surface area (Å²) in [6.45, 7) is 8.48. The molecule has 0 fully saturated rings. The van der Waals surface area contributed by atoms with Crippen LogP contribution in [0.1, 0.15) is 137 Å². The fourth-order valence-corrected chi connectivity index (χ4v) is 5.91. The third kappa shape index (κ3) is 8.44. The van der Waals surface area contributed by atoms with Crippen LogP contribution in [-0.4, -0.2) is 22.2 Å². The highest BCUT2D eigenvalue weighted by atomic mass is 16.4. The largest absolute Gasteiger partial charge is 0.481 e. The van der Waals surface area contributed by atoms with Crippen LogP contribution in [-0.2, 0) is 9.59 Å². The Labute approximate surface area is 203 Å². The lowest BCUT2D eigenvalue weighted by Crippen LogP contribution is -2.56. The van der Waals surface area contributed by atoms with Gasteiger partial charge in [0.05, 0.1) is 10.8 Å². The van der Waals surface area contributed by atoms with E-state index in [1.54, 1.807) is 0 Å². The van der Waals surface area contributed by atoms with Gasteiger partial charge in [-0.3, -0.25) is 9.59 Å². The monoisotopic (exact) mass is 464 g/mol. The second kappa shape index (κ2) is 15.6. The van der Waals surface area contributed by atoms with Gasteiger partial charge in [0.2, 0.25) is 0 Å². The molecule has 0 saturated carbocycles. The molecule has 0 aromatic heterocycles. The molecule has 0 aromatic carbocycles. The number of rotatable bonds is 19. The number of carboxylic acid groups (broad SMARTS) is 2. The molecular formula is C29H52O4. The first-order valence-corrected chi connectivity index (χ1v) is 13.9. The van der Waals surface area contributed by atoms with Gasteiger partial charge in [0, 0.05) is 0 Å². The number of unbranched alkanes of at least 4 members (excludes halogenated alkanes) is 11. The van der Waals surface area contributed by atoms with Crippen molar-refractivity contribution in [1.82, 2.24) is 0 Å². The van der Waals surface area contributed by atoms with Gasteiger partial charge >= 0.3 is 11.9 Å². The second-order valence-corrected chi connectivity index (χ2v) is 11.0.